The molecule has 0 aliphatic rings. The fraction of sp³-hybridized carbons (Fsp3) is 0.182. The van der Waals surface area contributed by atoms with E-state index in [0.717, 1.165) is 16.5 Å². The van der Waals surface area contributed by atoms with Crippen molar-refractivity contribution < 1.29 is 5.11 Å². The Hall–Kier alpha value is -1.45. The van der Waals surface area contributed by atoms with Gasteiger partial charge in [-0.05, 0) is 11.5 Å². The molecule has 0 fully saturated rings. The molecule has 3 N–H and O–H groups in total. The highest BCUT2D eigenvalue weighted by Gasteiger charge is 2.09. The summed E-state index contributed by atoms with van der Waals surface area (Å²) in [6.07, 6.45) is 1.72. The molecule has 0 unspecified atom stereocenters. The molecular weight excluding hydrogens is 176 g/mol. The number of pyridine rings is 1. The second-order valence-electron chi connectivity index (χ2n) is 3.21. The predicted molar refractivity (Wildman–Crippen MR) is 55.8 cm³/mol. The van der Waals surface area contributed by atoms with E-state index in [2.05, 4.69) is 4.98 Å². The van der Waals surface area contributed by atoms with Gasteiger partial charge in [0.15, 0.2) is 0 Å². The quantitative estimate of drug-likeness (QED) is 0.745. The average molecular weight is 188 g/mol. The van der Waals surface area contributed by atoms with Gasteiger partial charge in [-0.1, -0.05) is 24.3 Å². The van der Waals surface area contributed by atoms with Crippen molar-refractivity contribution in [2.24, 2.45) is 5.73 Å². The van der Waals surface area contributed by atoms with E-state index >= 15 is 0 Å². The van der Waals surface area contributed by atoms with E-state index in [1.807, 2.05) is 30.3 Å². The Morgan fingerprint density at radius 2 is 2.07 bits per heavy atom. The molecule has 1 aromatic heterocycles. The van der Waals surface area contributed by atoms with Crippen LogP contribution in [0.15, 0.2) is 36.5 Å². The molecule has 0 radical (unpaired) electrons. The first kappa shape index (κ1) is 9.12. The zero-order chi connectivity index (χ0) is 9.97. The van der Waals surface area contributed by atoms with Gasteiger partial charge < -0.3 is 10.8 Å². The highest BCUT2D eigenvalue weighted by Crippen LogP contribution is 2.20. The van der Waals surface area contributed by atoms with Gasteiger partial charge >= 0.3 is 0 Å². The summed E-state index contributed by atoms with van der Waals surface area (Å²) in [5.74, 6) is 0. The van der Waals surface area contributed by atoms with Gasteiger partial charge in [-0.25, -0.2) is 0 Å². The van der Waals surface area contributed by atoms with E-state index < -0.39 is 6.04 Å². The summed E-state index contributed by atoms with van der Waals surface area (Å²) >= 11 is 0. The average Bonchev–Trinajstić information content (AvgIpc) is 2.27. The molecule has 2 aromatic rings. The molecule has 1 aromatic carbocycles. The summed E-state index contributed by atoms with van der Waals surface area (Å²) in [7, 11) is 0. The minimum Gasteiger partial charge on any atom is -0.394 e. The smallest absolute Gasteiger partial charge is 0.0711 e. The number of nitrogens with zero attached hydrogens (tertiary/aromatic N) is 1. The fourth-order valence-corrected chi connectivity index (χ4v) is 1.52. The first-order chi connectivity index (χ1) is 6.83. The van der Waals surface area contributed by atoms with Crippen LogP contribution in [-0.2, 0) is 0 Å². The minimum atomic E-state index is -0.402. The van der Waals surface area contributed by atoms with E-state index in [0.29, 0.717) is 0 Å². The van der Waals surface area contributed by atoms with Crippen LogP contribution in [-0.4, -0.2) is 16.7 Å². The lowest BCUT2D eigenvalue weighted by Crippen LogP contribution is -2.16. The van der Waals surface area contributed by atoms with Crippen LogP contribution in [0.4, 0.5) is 0 Å². The van der Waals surface area contributed by atoms with E-state index in [4.69, 9.17) is 10.8 Å². The molecule has 3 heteroatoms. The summed E-state index contributed by atoms with van der Waals surface area (Å²) in [5, 5.41) is 11.1. The van der Waals surface area contributed by atoms with Gasteiger partial charge in [-0.3, -0.25) is 4.98 Å². The molecule has 0 bridgehead atoms. The molecule has 0 spiro atoms. The first-order valence-electron chi connectivity index (χ1n) is 4.53. The number of hydrogen-bond donors (Lipinski definition) is 2. The van der Waals surface area contributed by atoms with E-state index in [1.165, 1.54) is 0 Å². The van der Waals surface area contributed by atoms with Gasteiger partial charge in [0.1, 0.15) is 0 Å². The van der Waals surface area contributed by atoms with E-state index in [9.17, 15) is 0 Å². The van der Waals surface area contributed by atoms with Crippen molar-refractivity contribution in [2.75, 3.05) is 6.61 Å². The van der Waals surface area contributed by atoms with Crippen LogP contribution in [0.3, 0.4) is 0 Å². The van der Waals surface area contributed by atoms with Crippen LogP contribution in [0.25, 0.3) is 10.8 Å². The molecule has 1 heterocycles. The first-order valence-corrected chi connectivity index (χ1v) is 4.53. The van der Waals surface area contributed by atoms with Crippen molar-refractivity contribution in [3.8, 4) is 0 Å². The van der Waals surface area contributed by atoms with Gasteiger partial charge in [0.2, 0.25) is 0 Å². The monoisotopic (exact) mass is 188 g/mol. The van der Waals surface area contributed by atoms with Gasteiger partial charge in [-0.15, -0.1) is 0 Å². The summed E-state index contributed by atoms with van der Waals surface area (Å²) in [4.78, 5) is 4.19. The van der Waals surface area contributed by atoms with Crippen molar-refractivity contribution in [3.63, 3.8) is 0 Å². The van der Waals surface area contributed by atoms with Crippen LogP contribution in [0.5, 0.6) is 0 Å². The number of aromatic nitrogens is 1. The third kappa shape index (κ3) is 1.47. The van der Waals surface area contributed by atoms with Crippen molar-refractivity contribution in [1.82, 2.24) is 4.98 Å². The van der Waals surface area contributed by atoms with Crippen LogP contribution in [0.1, 0.15) is 11.7 Å². The number of hydrogen-bond acceptors (Lipinski definition) is 3. The van der Waals surface area contributed by atoms with Crippen molar-refractivity contribution in [1.29, 1.82) is 0 Å². The molecule has 0 saturated heterocycles. The third-order valence-corrected chi connectivity index (χ3v) is 2.25. The zero-order valence-corrected chi connectivity index (χ0v) is 7.72. The van der Waals surface area contributed by atoms with Crippen LogP contribution in [0.2, 0.25) is 0 Å². The second-order valence-corrected chi connectivity index (χ2v) is 3.21. The zero-order valence-electron chi connectivity index (χ0n) is 7.72. The Kier molecular flexibility index (Phi) is 2.43. The van der Waals surface area contributed by atoms with Crippen molar-refractivity contribution in [3.05, 3.63) is 42.2 Å². The molecule has 0 aliphatic carbocycles. The fourth-order valence-electron chi connectivity index (χ4n) is 1.52. The summed E-state index contributed by atoms with van der Waals surface area (Å²) in [6.45, 7) is -0.0823. The predicted octanol–water partition coefficient (Wildman–Crippen LogP) is 1.23. The highest BCUT2D eigenvalue weighted by molar-refractivity contribution is 5.84. The molecule has 14 heavy (non-hydrogen) atoms. The molecule has 3 nitrogen and oxygen atoms in total. The number of aliphatic hydroxyl groups excluding tert-OH is 1. The van der Waals surface area contributed by atoms with Crippen LogP contribution >= 0.6 is 0 Å². The lowest BCUT2D eigenvalue weighted by atomic mass is 10.1. The second kappa shape index (κ2) is 3.74. The maximum absolute atomic E-state index is 8.98. The topological polar surface area (TPSA) is 59.1 Å². The van der Waals surface area contributed by atoms with Gasteiger partial charge in [0, 0.05) is 11.6 Å². The maximum Gasteiger partial charge on any atom is 0.0711 e. The molecule has 0 saturated carbocycles. The third-order valence-electron chi connectivity index (χ3n) is 2.25. The number of benzene rings is 1. The number of rotatable bonds is 2. The molecule has 2 rings (SSSR count). The van der Waals surface area contributed by atoms with Gasteiger partial charge in [-0.2, -0.15) is 0 Å². The normalized spacial score (nSPS) is 13.0. The molecular formula is C11H12N2O. The van der Waals surface area contributed by atoms with E-state index in [-0.39, 0.29) is 6.61 Å². The van der Waals surface area contributed by atoms with Crippen molar-refractivity contribution >= 4 is 10.8 Å². The number of aliphatic hydroxyl groups is 1. The number of nitrogens with two attached hydrogens (primary N) is 1. The number of fused-ring (bicyclic) bond motifs is 1. The largest absolute Gasteiger partial charge is 0.394 e. The van der Waals surface area contributed by atoms with Crippen LogP contribution < -0.4 is 5.73 Å². The van der Waals surface area contributed by atoms with Crippen molar-refractivity contribution in [2.45, 2.75) is 6.04 Å². The summed E-state index contributed by atoms with van der Waals surface area (Å²) in [5.41, 5.74) is 6.50. The minimum absolute atomic E-state index is 0.0823. The Morgan fingerprint density at radius 3 is 2.86 bits per heavy atom. The lowest BCUT2D eigenvalue weighted by Gasteiger charge is -2.10. The Labute approximate surface area is 82.2 Å². The summed E-state index contributed by atoms with van der Waals surface area (Å²) < 4.78 is 0. The van der Waals surface area contributed by atoms with Gasteiger partial charge in [0.25, 0.3) is 0 Å². The van der Waals surface area contributed by atoms with Crippen LogP contribution in [0, 0.1) is 0 Å². The molecule has 0 amide bonds. The molecule has 1 atom stereocenters. The van der Waals surface area contributed by atoms with E-state index in [1.54, 1.807) is 6.20 Å². The maximum atomic E-state index is 8.98. The SMILES string of the molecule is N[C@@H](CO)c1nccc2ccccc12. The Morgan fingerprint density at radius 1 is 1.29 bits per heavy atom. The Bertz CT molecular complexity index is 437. The van der Waals surface area contributed by atoms with Gasteiger partial charge in [0.05, 0.1) is 18.3 Å². The lowest BCUT2D eigenvalue weighted by molar-refractivity contribution is 0.266. The molecule has 0 aliphatic heterocycles. The summed E-state index contributed by atoms with van der Waals surface area (Å²) in [6, 6.07) is 9.41. The highest BCUT2D eigenvalue weighted by atomic mass is 16.3. The Balaban J connectivity index is 2.65. The standard InChI is InChI=1S/C11H12N2O/c12-10(7-14)11-9-4-2-1-3-8(9)5-6-13-11/h1-6,10,14H,7,12H2/t10-/m0/s1. The molecule has 72 valence electrons.